The highest BCUT2D eigenvalue weighted by Crippen LogP contribution is 2.29. The van der Waals surface area contributed by atoms with Crippen molar-refractivity contribution in [3.63, 3.8) is 0 Å². The SMILES string of the molecule is COc1ccc(Cl)cc1NC(=O)[C@H](C)n1nc(C)c([N+](=O)[O-])c1C. The molecule has 1 amide bonds. The molecule has 2 aromatic rings. The number of ether oxygens (including phenoxy) is 1. The minimum absolute atomic E-state index is 0.0880. The van der Waals surface area contributed by atoms with Gasteiger partial charge in [0.25, 0.3) is 0 Å². The summed E-state index contributed by atoms with van der Waals surface area (Å²) in [5, 5.41) is 18.3. The average Bonchev–Trinajstić information content (AvgIpc) is 2.81. The monoisotopic (exact) mass is 352 g/mol. The number of carbonyl (C=O) groups excluding carboxylic acids is 1. The highest BCUT2D eigenvalue weighted by Gasteiger charge is 2.27. The van der Waals surface area contributed by atoms with Crippen LogP contribution >= 0.6 is 11.6 Å². The van der Waals surface area contributed by atoms with E-state index in [2.05, 4.69) is 10.4 Å². The minimum atomic E-state index is -0.749. The van der Waals surface area contributed by atoms with Crippen molar-refractivity contribution in [3.05, 3.63) is 44.7 Å². The van der Waals surface area contributed by atoms with Crippen molar-refractivity contribution in [1.82, 2.24) is 9.78 Å². The first-order valence-electron chi connectivity index (χ1n) is 7.10. The number of amides is 1. The van der Waals surface area contributed by atoms with Crippen molar-refractivity contribution in [1.29, 1.82) is 0 Å². The molecule has 0 radical (unpaired) electrons. The second-order valence-electron chi connectivity index (χ2n) is 5.23. The molecule has 0 spiro atoms. The molecule has 24 heavy (non-hydrogen) atoms. The Hall–Kier alpha value is -2.61. The second kappa shape index (κ2) is 6.88. The van der Waals surface area contributed by atoms with E-state index in [4.69, 9.17) is 16.3 Å². The lowest BCUT2D eigenvalue weighted by Crippen LogP contribution is -2.25. The Morgan fingerprint density at radius 3 is 2.67 bits per heavy atom. The first kappa shape index (κ1) is 17.7. The number of carbonyl (C=O) groups is 1. The number of hydrogen-bond donors (Lipinski definition) is 1. The molecule has 1 aromatic carbocycles. The fourth-order valence-electron chi connectivity index (χ4n) is 2.42. The first-order chi connectivity index (χ1) is 11.3. The summed E-state index contributed by atoms with van der Waals surface area (Å²) in [7, 11) is 1.48. The van der Waals surface area contributed by atoms with Crippen LogP contribution in [-0.2, 0) is 4.79 Å². The molecule has 0 aliphatic heterocycles. The van der Waals surface area contributed by atoms with Gasteiger partial charge in [-0.25, -0.2) is 0 Å². The van der Waals surface area contributed by atoms with Gasteiger partial charge < -0.3 is 10.1 Å². The minimum Gasteiger partial charge on any atom is -0.495 e. The van der Waals surface area contributed by atoms with Crippen molar-refractivity contribution < 1.29 is 14.5 Å². The maximum Gasteiger partial charge on any atom is 0.312 e. The number of anilines is 1. The Morgan fingerprint density at radius 2 is 2.12 bits per heavy atom. The van der Waals surface area contributed by atoms with Crippen LogP contribution in [0.5, 0.6) is 5.75 Å². The number of nitrogens with zero attached hydrogens (tertiary/aromatic N) is 3. The van der Waals surface area contributed by atoms with E-state index in [1.54, 1.807) is 32.0 Å². The van der Waals surface area contributed by atoms with Gasteiger partial charge in [0.1, 0.15) is 23.2 Å². The zero-order chi connectivity index (χ0) is 18.0. The molecule has 0 fully saturated rings. The van der Waals surface area contributed by atoms with E-state index in [0.29, 0.717) is 22.2 Å². The Kier molecular flexibility index (Phi) is 5.08. The second-order valence-corrected chi connectivity index (χ2v) is 5.67. The summed E-state index contributed by atoms with van der Waals surface area (Å²) in [6.07, 6.45) is 0. The van der Waals surface area contributed by atoms with Crippen molar-refractivity contribution in [2.75, 3.05) is 12.4 Å². The number of rotatable bonds is 5. The number of aryl methyl sites for hydroxylation is 1. The van der Waals surface area contributed by atoms with Crippen molar-refractivity contribution in [2.45, 2.75) is 26.8 Å². The molecule has 1 aromatic heterocycles. The molecular weight excluding hydrogens is 336 g/mol. The third kappa shape index (κ3) is 3.33. The molecule has 9 heteroatoms. The van der Waals surface area contributed by atoms with E-state index in [-0.39, 0.29) is 11.4 Å². The molecule has 128 valence electrons. The molecule has 0 aliphatic rings. The number of methoxy groups -OCH3 is 1. The van der Waals surface area contributed by atoms with Crippen LogP contribution in [0.1, 0.15) is 24.4 Å². The van der Waals surface area contributed by atoms with E-state index < -0.39 is 16.9 Å². The largest absolute Gasteiger partial charge is 0.495 e. The zero-order valence-electron chi connectivity index (χ0n) is 13.7. The Balaban J connectivity index is 2.30. The van der Waals surface area contributed by atoms with Crippen LogP contribution in [-0.4, -0.2) is 27.7 Å². The predicted molar refractivity (Wildman–Crippen MR) is 89.7 cm³/mol. The zero-order valence-corrected chi connectivity index (χ0v) is 14.4. The van der Waals surface area contributed by atoms with Gasteiger partial charge in [-0.1, -0.05) is 11.6 Å². The molecule has 0 unspecified atom stereocenters. The number of nitrogens with one attached hydrogen (secondary N) is 1. The van der Waals surface area contributed by atoms with Crippen molar-refractivity contribution in [2.24, 2.45) is 0 Å². The first-order valence-corrected chi connectivity index (χ1v) is 7.48. The van der Waals surface area contributed by atoms with Crippen LogP contribution in [0.3, 0.4) is 0 Å². The van der Waals surface area contributed by atoms with E-state index >= 15 is 0 Å². The molecule has 1 atom stereocenters. The standard InChI is InChI=1S/C15H17ClN4O4/c1-8-14(20(22)23)9(2)19(18-8)10(3)15(21)17-12-7-11(16)5-6-13(12)24-4/h5-7,10H,1-4H3,(H,17,21)/t10-/m0/s1. The summed E-state index contributed by atoms with van der Waals surface area (Å²) >= 11 is 5.94. The molecule has 1 N–H and O–H groups in total. The van der Waals surface area contributed by atoms with Gasteiger partial charge in [0.15, 0.2) is 0 Å². The van der Waals surface area contributed by atoms with Crippen molar-refractivity contribution in [3.8, 4) is 5.75 Å². The van der Waals surface area contributed by atoms with Gasteiger partial charge in [0, 0.05) is 5.02 Å². The van der Waals surface area contributed by atoms with Crippen LogP contribution in [0, 0.1) is 24.0 Å². The normalized spacial score (nSPS) is 11.9. The van der Waals surface area contributed by atoms with Crippen LogP contribution < -0.4 is 10.1 Å². The highest BCUT2D eigenvalue weighted by molar-refractivity contribution is 6.31. The molecule has 2 rings (SSSR count). The Morgan fingerprint density at radius 1 is 1.46 bits per heavy atom. The highest BCUT2D eigenvalue weighted by atomic mass is 35.5. The molecule has 0 aliphatic carbocycles. The van der Waals surface area contributed by atoms with Gasteiger partial charge in [-0.05, 0) is 39.0 Å². The van der Waals surface area contributed by atoms with Crippen LogP contribution in [0.15, 0.2) is 18.2 Å². The van der Waals surface area contributed by atoms with Gasteiger partial charge in [0.2, 0.25) is 5.91 Å². The van der Waals surface area contributed by atoms with E-state index in [1.165, 1.54) is 18.7 Å². The summed E-state index contributed by atoms with van der Waals surface area (Å²) in [5.74, 6) is 0.0652. The number of halogens is 1. The van der Waals surface area contributed by atoms with Crippen LogP contribution in [0.25, 0.3) is 0 Å². The van der Waals surface area contributed by atoms with Gasteiger partial charge in [-0.3, -0.25) is 19.6 Å². The number of benzene rings is 1. The number of hydrogen-bond acceptors (Lipinski definition) is 5. The summed E-state index contributed by atoms with van der Waals surface area (Å²) in [4.78, 5) is 23.1. The lowest BCUT2D eigenvalue weighted by molar-refractivity contribution is -0.386. The molecule has 0 saturated heterocycles. The smallest absolute Gasteiger partial charge is 0.312 e. The summed E-state index contributed by atoms with van der Waals surface area (Å²) in [6, 6.07) is 4.09. The van der Waals surface area contributed by atoms with E-state index in [0.717, 1.165) is 0 Å². The number of nitro groups is 1. The topological polar surface area (TPSA) is 99.3 Å². The molecular formula is C15H17ClN4O4. The van der Waals surface area contributed by atoms with Crippen molar-refractivity contribution >= 4 is 28.9 Å². The van der Waals surface area contributed by atoms with Gasteiger partial charge in [-0.2, -0.15) is 5.10 Å². The van der Waals surface area contributed by atoms with Gasteiger partial charge in [0.05, 0.1) is 17.7 Å². The molecule has 0 bridgehead atoms. The Labute approximate surface area is 143 Å². The molecule has 0 saturated carbocycles. The fourth-order valence-corrected chi connectivity index (χ4v) is 2.59. The maximum atomic E-state index is 12.5. The van der Waals surface area contributed by atoms with E-state index in [9.17, 15) is 14.9 Å². The third-order valence-corrected chi connectivity index (χ3v) is 3.87. The molecule has 8 nitrogen and oxygen atoms in total. The van der Waals surface area contributed by atoms with E-state index in [1.807, 2.05) is 0 Å². The lowest BCUT2D eigenvalue weighted by atomic mass is 10.2. The summed E-state index contributed by atoms with van der Waals surface area (Å²) in [6.45, 7) is 4.70. The quantitative estimate of drug-likeness (QED) is 0.657. The third-order valence-electron chi connectivity index (χ3n) is 3.64. The summed E-state index contributed by atoms with van der Waals surface area (Å²) in [5.41, 5.74) is 0.906. The molecule has 1 heterocycles. The van der Waals surface area contributed by atoms with Crippen LogP contribution in [0.2, 0.25) is 5.02 Å². The summed E-state index contributed by atoms with van der Waals surface area (Å²) < 4.78 is 6.51. The van der Waals surface area contributed by atoms with Gasteiger partial charge >= 0.3 is 5.69 Å². The van der Waals surface area contributed by atoms with Crippen LogP contribution in [0.4, 0.5) is 11.4 Å². The predicted octanol–water partition coefficient (Wildman–Crippen LogP) is 3.27. The number of aromatic nitrogens is 2. The lowest BCUT2D eigenvalue weighted by Gasteiger charge is -2.16. The van der Waals surface area contributed by atoms with Gasteiger partial charge in [-0.15, -0.1) is 0 Å². The average molecular weight is 353 g/mol. The maximum absolute atomic E-state index is 12.5. The fraction of sp³-hybridized carbons (Fsp3) is 0.333. The Bertz CT molecular complexity index is 803.